The van der Waals surface area contributed by atoms with Gasteiger partial charge in [0.05, 0.1) is 0 Å². The van der Waals surface area contributed by atoms with Crippen LogP contribution in [0.4, 0.5) is 5.69 Å². The molecule has 0 aliphatic carbocycles. The third-order valence-corrected chi connectivity index (χ3v) is 4.19. The Bertz CT molecular complexity index is 541. The first kappa shape index (κ1) is 12.3. The van der Waals surface area contributed by atoms with Crippen molar-refractivity contribution in [1.82, 2.24) is 0 Å². The lowest BCUT2D eigenvalue weighted by Gasteiger charge is -2.16. The van der Waals surface area contributed by atoms with Gasteiger partial charge in [-0.05, 0) is 24.3 Å². The first-order chi connectivity index (χ1) is 7.88. The van der Waals surface area contributed by atoms with Crippen LogP contribution in [0.2, 0.25) is 5.02 Å². The van der Waals surface area contributed by atoms with Crippen LogP contribution in [0, 0.1) is 0 Å². The summed E-state index contributed by atoms with van der Waals surface area (Å²) in [6.45, 7) is 0.0965. The van der Waals surface area contributed by atoms with Crippen molar-refractivity contribution in [3.05, 3.63) is 29.3 Å². The minimum atomic E-state index is -3.67. The summed E-state index contributed by atoms with van der Waals surface area (Å²) in [5, 5.41) is 4.77. The maximum atomic E-state index is 11.7. The normalized spacial score (nSPS) is 20.9. The number of benzene rings is 1. The van der Waals surface area contributed by atoms with Gasteiger partial charge in [-0.25, -0.2) is 13.6 Å². The fourth-order valence-electron chi connectivity index (χ4n) is 1.77. The monoisotopic (exact) mass is 274 g/mol. The van der Waals surface area contributed by atoms with Gasteiger partial charge in [-0.15, -0.1) is 0 Å². The Kier molecular flexibility index (Phi) is 3.11. The molecule has 17 heavy (non-hydrogen) atoms. The molecule has 1 heterocycles. The molecule has 1 saturated heterocycles. The molecule has 1 aliphatic heterocycles. The molecule has 1 fully saturated rings. The molecule has 1 amide bonds. The van der Waals surface area contributed by atoms with Crippen molar-refractivity contribution in [1.29, 1.82) is 0 Å². The van der Waals surface area contributed by atoms with Crippen LogP contribution in [-0.4, -0.2) is 26.1 Å². The fraction of sp³-hybridized carbons (Fsp3) is 0.300. The lowest BCUT2D eigenvalue weighted by Crippen LogP contribution is -2.32. The Hall–Kier alpha value is -1.11. The third-order valence-electron chi connectivity index (χ3n) is 2.69. The lowest BCUT2D eigenvalue weighted by atomic mass is 10.3. The van der Waals surface area contributed by atoms with E-state index in [9.17, 15) is 13.2 Å². The van der Waals surface area contributed by atoms with E-state index in [4.69, 9.17) is 16.7 Å². The molecule has 0 spiro atoms. The quantitative estimate of drug-likeness (QED) is 0.863. The summed E-state index contributed by atoms with van der Waals surface area (Å²) >= 11 is 5.74. The molecule has 1 aromatic rings. The number of amides is 1. The molecule has 0 bridgehead atoms. The number of primary sulfonamides is 1. The van der Waals surface area contributed by atoms with Crippen molar-refractivity contribution in [2.75, 3.05) is 11.4 Å². The van der Waals surface area contributed by atoms with Crippen molar-refractivity contribution in [2.24, 2.45) is 5.14 Å². The van der Waals surface area contributed by atoms with Gasteiger partial charge in [0.15, 0.2) is 0 Å². The zero-order valence-electron chi connectivity index (χ0n) is 8.84. The SMILES string of the molecule is NS(=O)(=O)C1CC(=O)N(c2ccc(Cl)cc2)C1. The van der Waals surface area contributed by atoms with Crippen molar-refractivity contribution in [3.8, 4) is 0 Å². The molecule has 1 aromatic carbocycles. The molecule has 0 aromatic heterocycles. The van der Waals surface area contributed by atoms with E-state index < -0.39 is 15.3 Å². The third kappa shape index (κ3) is 2.59. The largest absolute Gasteiger partial charge is 0.311 e. The van der Waals surface area contributed by atoms with E-state index >= 15 is 0 Å². The average Bonchev–Trinajstić information content (AvgIpc) is 2.61. The topological polar surface area (TPSA) is 80.5 Å². The van der Waals surface area contributed by atoms with Crippen LogP contribution in [0.25, 0.3) is 0 Å². The molecule has 2 N–H and O–H groups in total. The molecule has 1 unspecified atom stereocenters. The smallest absolute Gasteiger partial charge is 0.228 e. The minimum absolute atomic E-state index is 0.0680. The summed E-state index contributed by atoms with van der Waals surface area (Å²) in [4.78, 5) is 13.1. The average molecular weight is 275 g/mol. The number of carbonyl (C=O) groups excluding carboxylic acids is 1. The second-order valence-electron chi connectivity index (χ2n) is 3.90. The number of halogens is 1. The zero-order chi connectivity index (χ0) is 12.6. The maximum absolute atomic E-state index is 11.7. The second-order valence-corrected chi connectivity index (χ2v) is 6.18. The number of rotatable bonds is 2. The number of hydrogen-bond acceptors (Lipinski definition) is 3. The standard InChI is InChI=1S/C10H11ClN2O3S/c11-7-1-3-8(4-2-7)13-6-9(5-10(13)14)17(12,15)16/h1-4,9H,5-6H2,(H2,12,15,16). The number of sulfonamides is 1. The van der Waals surface area contributed by atoms with E-state index in [-0.39, 0.29) is 18.9 Å². The first-order valence-electron chi connectivity index (χ1n) is 4.95. The van der Waals surface area contributed by atoms with Crippen molar-refractivity contribution >= 4 is 33.2 Å². The number of nitrogens with two attached hydrogens (primary N) is 1. The van der Waals surface area contributed by atoms with Crippen molar-refractivity contribution < 1.29 is 13.2 Å². The maximum Gasteiger partial charge on any atom is 0.228 e. The fourth-order valence-corrected chi connectivity index (χ4v) is 2.62. The highest BCUT2D eigenvalue weighted by Crippen LogP contribution is 2.25. The second kappa shape index (κ2) is 4.29. The van der Waals surface area contributed by atoms with Crippen LogP contribution in [0.15, 0.2) is 24.3 Å². The van der Waals surface area contributed by atoms with E-state index in [1.807, 2.05) is 0 Å². The van der Waals surface area contributed by atoms with Gasteiger partial charge >= 0.3 is 0 Å². The predicted molar refractivity (Wildman–Crippen MR) is 65.3 cm³/mol. The molecule has 2 rings (SSSR count). The van der Waals surface area contributed by atoms with Crippen molar-refractivity contribution in [3.63, 3.8) is 0 Å². The highest BCUT2D eigenvalue weighted by atomic mass is 35.5. The number of hydrogen-bond donors (Lipinski definition) is 1. The van der Waals surface area contributed by atoms with Gasteiger partial charge in [0.2, 0.25) is 15.9 Å². The van der Waals surface area contributed by atoms with Crippen LogP contribution in [0.3, 0.4) is 0 Å². The Labute approximate surface area is 104 Å². The summed E-state index contributed by atoms with van der Waals surface area (Å²) in [6.07, 6.45) is -0.0680. The van der Waals surface area contributed by atoms with Crippen LogP contribution in [0.5, 0.6) is 0 Å². The Morgan fingerprint density at radius 3 is 2.35 bits per heavy atom. The number of anilines is 1. The summed E-state index contributed by atoms with van der Waals surface area (Å²) in [5.41, 5.74) is 0.630. The lowest BCUT2D eigenvalue weighted by molar-refractivity contribution is -0.117. The Balaban J connectivity index is 2.24. The molecule has 0 saturated carbocycles. The molecule has 1 aliphatic rings. The van der Waals surface area contributed by atoms with E-state index in [0.717, 1.165) is 0 Å². The van der Waals surface area contributed by atoms with Crippen LogP contribution in [0.1, 0.15) is 6.42 Å². The van der Waals surface area contributed by atoms with Gasteiger partial charge in [0.25, 0.3) is 0 Å². The Morgan fingerprint density at radius 1 is 1.29 bits per heavy atom. The Morgan fingerprint density at radius 2 is 1.88 bits per heavy atom. The highest BCUT2D eigenvalue weighted by molar-refractivity contribution is 7.89. The van der Waals surface area contributed by atoms with E-state index in [1.54, 1.807) is 24.3 Å². The minimum Gasteiger partial charge on any atom is -0.311 e. The summed E-state index contributed by atoms with van der Waals surface area (Å²) in [7, 11) is -3.67. The molecule has 7 heteroatoms. The summed E-state index contributed by atoms with van der Waals surface area (Å²) in [6, 6.07) is 6.64. The first-order valence-corrected chi connectivity index (χ1v) is 6.94. The molecular formula is C10H11ClN2O3S. The van der Waals surface area contributed by atoms with Gasteiger partial charge in [-0.3, -0.25) is 4.79 Å². The van der Waals surface area contributed by atoms with E-state index in [0.29, 0.717) is 10.7 Å². The number of carbonyl (C=O) groups is 1. The van der Waals surface area contributed by atoms with Crippen LogP contribution >= 0.6 is 11.6 Å². The van der Waals surface area contributed by atoms with E-state index in [1.165, 1.54) is 4.90 Å². The number of nitrogens with zero attached hydrogens (tertiary/aromatic N) is 1. The van der Waals surface area contributed by atoms with Gasteiger partial charge in [-0.1, -0.05) is 11.6 Å². The van der Waals surface area contributed by atoms with Crippen LogP contribution in [-0.2, 0) is 14.8 Å². The molecular weight excluding hydrogens is 264 g/mol. The molecule has 5 nitrogen and oxygen atoms in total. The predicted octanol–water partition coefficient (Wildman–Crippen LogP) is 0.734. The van der Waals surface area contributed by atoms with Crippen molar-refractivity contribution in [2.45, 2.75) is 11.7 Å². The summed E-state index contributed by atoms with van der Waals surface area (Å²) in [5.74, 6) is -0.244. The molecule has 92 valence electrons. The van der Waals surface area contributed by atoms with E-state index in [2.05, 4.69) is 0 Å². The van der Waals surface area contributed by atoms with Gasteiger partial charge in [-0.2, -0.15) is 0 Å². The zero-order valence-corrected chi connectivity index (χ0v) is 10.4. The molecule has 1 atom stereocenters. The van der Waals surface area contributed by atoms with Crippen LogP contribution < -0.4 is 10.0 Å². The summed E-state index contributed by atoms with van der Waals surface area (Å²) < 4.78 is 22.4. The van der Waals surface area contributed by atoms with Gasteiger partial charge in [0.1, 0.15) is 5.25 Å². The highest BCUT2D eigenvalue weighted by Gasteiger charge is 2.36. The van der Waals surface area contributed by atoms with Gasteiger partial charge in [0, 0.05) is 23.7 Å². The molecule has 0 radical (unpaired) electrons. The van der Waals surface area contributed by atoms with Gasteiger partial charge < -0.3 is 4.90 Å².